The van der Waals surface area contributed by atoms with Crippen LogP contribution in [0.2, 0.25) is 0 Å². The second kappa shape index (κ2) is 10.1. The minimum Gasteiger partial charge on any atom is -0.353 e. The van der Waals surface area contributed by atoms with E-state index in [-0.39, 0.29) is 11.9 Å². The SMILES string of the molecule is O=C(CCNC(=O)N1CCN(CC2CCCCC2)CC1)NC1CCCC1. The van der Waals surface area contributed by atoms with Gasteiger partial charge in [-0.2, -0.15) is 0 Å². The van der Waals surface area contributed by atoms with Gasteiger partial charge in [-0.15, -0.1) is 0 Å². The van der Waals surface area contributed by atoms with Crippen molar-refractivity contribution in [2.45, 2.75) is 70.3 Å². The molecule has 3 rings (SSSR count). The second-order valence-corrected chi connectivity index (χ2v) is 8.32. The molecule has 0 aromatic heterocycles. The van der Waals surface area contributed by atoms with Crippen molar-refractivity contribution in [2.75, 3.05) is 39.3 Å². The summed E-state index contributed by atoms with van der Waals surface area (Å²) in [5.41, 5.74) is 0. The molecule has 148 valence electrons. The number of hydrogen-bond donors (Lipinski definition) is 2. The molecule has 6 heteroatoms. The van der Waals surface area contributed by atoms with Crippen LogP contribution in [0.1, 0.15) is 64.2 Å². The van der Waals surface area contributed by atoms with E-state index in [1.165, 1.54) is 51.5 Å². The number of carbonyl (C=O) groups is 2. The van der Waals surface area contributed by atoms with Crippen LogP contribution < -0.4 is 10.6 Å². The minimum atomic E-state index is -0.0176. The zero-order chi connectivity index (χ0) is 18.2. The molecule has 0 unspecified atom stereocenters. The number of rotatable bonds is 6. The number of nitrogens with one attached hydrogen (secondary N) is 2. The van der Waals surface area contributed by atoms with Crippen molar-refractivity contribution in [1.29, 1.82) is 0 Å². The van der Waals surface area contributed by atoms with Crippen molar-refractivity contribution in [3.8, 4) is 0 Å². The Hall–Kier alpha value is -1.30. The van der Waals surface area contributed by atoms with E-state index < -0.39 is 0 Å². The molecule has 6 nitrogen and oxygen atoms in total. The van der Waals surface area contributed by atoms with Crippen LogP contribution in [0.3, 0.4) is 0 Å². The first-order chi connectivity index (χ1) is 12.7. The summed E-state index contributed by atoms with van der Waals surface area (Å²) in [5, 5.41) is 5.98. The molecule has 0 aromatic rings. The van der Waals surface area contributed by atoms with Crippen LogP contribution in [0, 0.1) is 5.92 Å². The number of carbonyl (C=O) groups excluding carboxylic acids is 2. The maximum absolute atomic E-state index is 12.3. The van der Waals surface area contributed by atoms with Crippen molar-refractivity contribution in [3.63, 3.8) is 0 Å². The van der Waals surface area contributed by atoms with E-state index in [9.17, 15) is 9.59 Å². The lowest BCUT2D eigenvalue weighted by molar-refractivity contribution is -0.121. The van der Waals surface area contributed by atoms with Gasteiger partial charge in [0.1, 0.15) is 0 Å². The fourth-order valence-corrected chi connectivity index (χ4v) is 4.63. The number of amides is 3. The normalized spacial score (nSPS) is 23.2. The lowest BCUT2D eigenvalue weighted by Crippen LogP contribution is -2.52. The van der Waals surface area contributed by atoms with Gasteiger partial charge < -0.3 is 15.5 Å². The lowest BCUT2D eigenvalue weighted by atomic mass is 9.89. The molecule has 0 aromatic carbocycles. The van der Waals surface area contributed by atoms with E-state index in [4.69, 9.17) is 0 Å². The molecule has 3 fully saturated rings. The number of piperazine rings is 1. The molecule has 0 bridgehead atoms. The van der Waals surface area contributed by atoms with Crippen LogP contribution in [-0.2, 0) is 4.79 Å². The molecule has 3 aliphatic rings. The Morgan fingerprint density at radius 2 is 1.50 bits per heavy atom. The van der Waals surface area contributed by atoms with Crippen LogP contribution >= 0.6 is 0 Å². The van der Waals surface area contributed by atoms with Crippen LogP contribution in [0.4, 0.5) is 4.79 Å². The Kier molecular flexibility index (Phi) is 7.59. The van der Waals surface area contributed by atoms with Crippen LogP contribution in [0.5, 0.6) is 0 Å². The average molecular weight is 365 g/mol. The zero-order valence-electron chi connectivity index (χ0n) is 16.2. The van der Waals surface area contributed by atoms with Gasteiger partial charge >= 0.3 is 6.03 Å². The molecule has 0 atom stereocenters. The van der Waals surface area contributed by atoms with Gasteiger partial charge in [0, 0.05) is 51.7 Å². The van der Waals surface area contributed by atoms with Gasteiger partial charge in [-0.05, 0) is 31.6 Å². The summed E-state index contributed by atoms with van der Waals surface area (Å²) in [6.45, 7) is 5.19. The molecule has 1 heterocycles. The molecule has 0 radical (unpaired) electrons. The molecule has 2 saturated carbocycles. The predicted molar refractivity (Wildman–Crippen MR) is 103 cm³/mol. The van der Waals surface area contributed by atoms with Crippen molar-refractivity contribution < 1.29 is 9.59 Å². The summed E-state index contributed by atoms with van der Waals surface area (Å²) >= 11 is 0. The van der Waals surface area contributed by atoms with Gasteiger partial charge in [0.15, 0.2) is 0 Å². The van der Waals surface area contributed by atoms with Crippen molar-refractivity contribution in [2.24, 2.45) is 5.92 Å². The molecule has 3 amide bonds. The Labute approximate surface area is 158 Å². The van der Waals surface area contributed by atoms with Gasteiger partial charge in [0.05, 0.1) is 0 Å². The van der Waals surface area contributed by atoms with Crippen LogP contribution in [0.25, 0.3) is 0 Å². The monoisotopic (exact) mass is 364 g/mol. The Morgan fingerprint density at radius 3 is 2.19 bits per heavy atom. The maximum atomic E-state index is 12.3. The summed E-state index contributed by atoms with van der Waals surface area (Å²) < 4.78 is 0. The maximum Gasteiger partial charge on any atom is 0.317 e. The minimum absolute atomic E-state index is 0.0176. The molecule has 2 N–H and O–H groups in total. The van der Waals surface area contributed by atoms with Crippen LogP contribution in [0.15, 0.2) is 0 Å². The van der Waals surface area contributed by atoms with E-state index >= 15 is 0 Å². The highest BCUT2D eigenvalue weighted by Crippen LogP contribution is 2.24. The third-order valence-corrected chi connectivity index (χ3v) is 6.25. The number of urea groups is 1. The van der Waals surface area contributed by atoms with Crippen molar-refractivity contribution in [1.82, 2.24) is 20.4 Å². The summed E-state index contributed by atoms with van der Waals surface area (Å²) in [7, 11) is 0. The Balaban J connectivity index is 1.26. The van der Waals surface area contributed by atoms with Gasteiger partial charge in [-0.3, -0.25) is 9.69 Å². The molecule has 26 heavy (non-hydrogen) atoms. The predicted octanol–water partition coefficient (Wildman–Crippen LogP) is 2.34. The largest absolute Gasteiger partial charge is 0.353 e. The fraction of sp³-hybridized carbons (Fsp3) is 0.900. The summed E-state index contributed by atoms with van der Waals surface area (Å²) in [6.07, 6.45) is 12.0. The Bertz CT molecular complexity index is 451. The first-order valence-corrected chi connectivity index (χ1v) is 10.8. The van der Waals surface area contributed by atoms with E-state index in [1.54, 1.807) is 0 Å². The van der Waals surface area contributed by atoms with E-state index in [0.29, 0.717) is 19.0 Å². The standard InChI is InChI=1S/C20H36N4O2/c25-19(22-18-8-4-5-9-18)10-11-21-20(26)24-14-12-23(13-15-24)16-17-6-2-1-3-7-17/h17-18H,1-16H2,(H,21,26)(H,22,25). The molecular weight excluding hydrogens is 328 g/mol. The number of nitrogens with zero attached hydrogens (tertiary/aromatic N) is 2. The molecule has 0 spiro atoms. The molecule has 1 saturated heterocycles. The smallest absolute Gasteiger partial charge is 0.317 e. The highest BCUT2D eigenvalue weighted by atomic mass is 16.2. The van der Waals surface area contributed by atoms with Crippen molar-refractivity contribution >= 4 is 11.9 Å². The molecule has 1 aliphatic heterocycles. The van der Waals surface area contributed by atoms with Gasteiger partial charge in [-0.25, -0.2) is 4.79 Å². The third-order valence-electron chi connectivity index (χ3n) is 6.25. The van der Waals surface area contributed by atoms with Crippen LogP contribution in [-0.4, -0.2) is 67.0 Å². The Morgan fingerprint density at radius 1 is 0.846 bits per heavy atom. The summed E-state index contributed by atoms with van der Waals surface area (Å²) in [6, 6.07) is 0.339. The summed E-state index contributed by atoms with van der Waals surface area (Å²) in [5.74, 6) is 0.928. The van der Waals surface area contributed by atoms with Gasteiger partial charge in [0.2, 0.25) is 5.91 Å². The first-order valence-electron chi connectivity index (χ1n) is 10.8. The third kappa shape index (κ3) is 6.15. The second-order valence-electron chi connectivity index (χ2n) is 8.32. The van der Waals surface area contributed by atoms with E-state index in [1.807, 2.05) is 4.90 Å². The average Bonchev–Trinajstić information content (AvgIpc) is 3.16. The number of hydrogen-bond acceptors (Lipinski definition) is 3. The van der Waals surface area contributed by atoms with Gasteiger partial charge in [-0.1, -0.05) is 32.1 Å². The summed E-state index contributed by atoms with van der Waals surface area (Å²) in [4.78, 5) is 28.6. The quantitative estimate of drug-likeness (QED) is 0.760. The fourth-order valence-electron chi connectivity index (χ4n) is 4.63. The van der Waals surface area contributed by atoms with Crippen molar-refractivity contribution in [3.05, 3.63) is 0 Å². The highest BCUT2D eigenvalue weighted by molar-refractivity contribution is 5.78. The first kappa shape index (κ1) is 19.5. The van der Waals surface area contributed by atoms with E-state index in [2.05, 4.69) is 15.5 Å². The van der Waals surface area contributed by atoms with E-state index in [0.717, 1.165) is 44.9 Å². The zero-order valence-corrected chi connectivity index (χ0v) is 16.2. The lowest BCUT2D eigenvalue weighted by Gasteiger charge is -2.37. The van der Waals surface area contributed by atoms with Gasteiger partial charge in [0.25, 0.3) is 0 Å². The molecule has 2 aliphatic carbocycles. The molecular formula is C20H36N4O2. The highest BCUT2D eigenvalue weighted by Gasteiger charge is 2.24. The topological polar surface area (TPSA) is 64.7 Å².